The smallest absolute Gasteiger partial charge is 0.255 e. The number of benzene rings is 2. The molecule has 0 spiro atoms. The Morgan fingerprint density at radius 1 is 1.03 bits per heavy atom. The maximum atomic E-state index is 12.5. The number of amides is 2. The molecule has 0 fully saturated rings. The van der Waals surface area contributed by atoms with Crippen molar-refractivity contribution < 1.29 is 22.7 Å². The van der Waals surface area contributed by atoms with Gasteiger partial charge in [-0.2, -0.15) is 4.31 Å². The first-order valence-corrected chi connectivity index (χ1v) is 12.4. The summed E-state index contributed by atoms with van der Waals surface area (Å²) < 4.78 is 31.8. The van der Waals surface area contributed by atoms with Gasteiger partial charge in [-0.15, -0.1) is 0 Å². The second kappa shape index (κ2) is 12.4. The number of para-hydroxylation sites is 1. The van der Waals surface area contributed by atoms with Crippen molar-refractivity contribution in [1.82, 2.24) is 14.9 Å². The van der Waals surface area contributed by atoms with Gasteiger partial charge in [-0.05, 0) is 57.0 Å². The molecular weight excluding hydrogens is 442 g/mol. The van der Waals surface area contributed by atoms with Crippen molar-refractivity contribution in [2.24, 2.45) is 0 Å². The van der Waals surface area contributed by atoms with Crippen LogP contribution < -0.4 is 15.4 Å². The Kier molecular flexibility index (Phi) is 9.87. The van der Waals surface area contributed by atoms with Gasteiger partial charge in [-0.25, -0.2) is 8.42 Å². The molecule has 0 unspecified atom stereocenters. The lowest BCUT2D eigenvalue weighted by atomic mass is 10.2. The van der Waals surface area contributed by atoms with Crippen LogP contribution in [0.5, 0.6) is 5.75 Å². The molecule has 0 aromatic heterocycles. The molecule has 0 heterocycles. The standard InChI is InChI=1S/C24H33N3O5S/c1-5-32-22-10-7-6-9-21(22)24(29)25-16-8-11-23(28)26-17-19-12-14-20(15-13-19)33(30,31)27(4)18(2)3/h6-7,9-10,12-15,18H,5,8,11,16-17H2,1-4H3,(H,25,29)(H,26,28). The van der Waals surface area contributed by atoms with Gasteiger partial charge in [0.1, 0.15) is 5.75 Å². The second-order valence-electron chi connectivity index (χ2n) is 7.82. The van der Waals surface area contributed by atoms with E-state index in [4.69, 9.17) is 4.74 Å². The highest BCUT2D eigenvalue weighted by atomic mass is 32.2. The predicted octanol–water partition coefficient (Wildman–Crippen LogP) is 2.94. The van der Waals surface area contributed by atoms with Crippen molar-refractivity contribution >= 4 is 21.8 Å². The van der Waals surface area contributed by atoms with Gasteiger partial charge >= 0.3 is 0 Å². The Labute approximate surface area is 196 Å². The fourth-order valence-electron chi connectivity index (χ4n) is 2.99. The zero-order chi connectivity index (χ0) is 24.4. The highest BCUT2D eigenvalue weighted by Crippen LogP contribution is 2.18. The van der Waals surface area contributed by atoms with Crippen molar-refractivity contribution in [3.8, 4) is 5.75 Å². The third-order valence-electron chi connectivity index (χ3n) is 5.11. The van der Waals surface area contributed by atoms with Gasteiger partial charge in [0.2, 0.25) is 15.9 Å². The molecule has 0 bridgehead atoms. The fraction of sp³-hybridized carbons (Fsp3) is 0.417. The van der Waals surface area contributed by atoms with Crippen LogP contribution in [-0.2, 0) is 21.4 Å². The molecular formula is C24H33N3O5S. The monoisotopic (exact) mass is 475 g/mol. The molecule has 2 aromatic rings. The van der Waals surface area contributed by atoms with Crippen LogP contribution >= 0.6 is 0 Å². The third kappa shape index (κ3) is 7.57. The number of carbonyl (C=O) groups is 2. The van der Waals surface area contributed by atoms with Crippen molar-refractivity contribution in [3.05, 3.63) is 59.7 Å². The Bertz CT molecular complexity index is 1040. The molecule has 0 aliphatic rings. The van der Waals surface area contributed by atoms with Crippen LogP contribution in [0.25, 0.3) is 0 Å². The number of sulfonamides is 1. The van der Waals surface area contributed by atoms with Gasteiger partial charge in [0.25, 0.3) is 5.91 Å². The maximum Gasteiger partial charge on any atom is 0.255 e. The Morgan fingerprint density at radius 3 is 2.33 bits per heavy atom. The van der Waals surface area contributed by atoms with Crippen LogP contribution in [-0.4, -0.2) is 50.8 Å². The van der Waals surface area contributed by atoms with E-state index in [-0.39, 0.29) is 29.2 Å². The molecule has 2 N–H and O–H groups in total. The molecule has 0 radical (unpaired) electrons. The van der Waals surface area contributed by atoms with Gasteiger partial charge in [0, 0.05) is 32.6 Å². The molecule has 0 saturated carbocycles. The lowest BCUT2D eigenvalue weighted by Gasteiger charge is -2.21. The highest BCUT2D eigenvalue weighted by Gasteiger charge is 2.22. The van der Waals surface area contributed by atoms with E-state index in [2.05, 4.69) is 10.6 Å². The number of ether oxygens (including phenoxy) is 1. The zero-order valence-corrected chi connectivity index (χ0v) is 20.4. The summed E-state index contributed by atoms with van der Waals surface area (Å²) in [6.45, 7) is 6.61. The van der Waals surface area contributed by atoms with Crippen molar-refractivity contribution in [1.29, 1.82) is 0 Å². The number of hydrogen-bond donors (Lipinski definition) is 2. The molecule has 0 aliphatic carbocycles. The molecule has 2 aromatic carbocycles. The molecule has 2 amide bonds. The maximum absolute atomic E-state index is 12.5. The third-order valence-corrected chi connectivity index (χ3v) is 7.16. The molecule has 0 saturated heterocycles. The first kappa shape index (κ1) is 26.3. The molecule has 0 atom stereocenters. The summed E-state index contributed by atoms with van der Waals surface area (Å²) in [4.78, 5) is 24.7. The number of nitrogens with zero attached hydrogens (tertiary/aromatic N) is 1. The van der Waals surface area contributed by atoms with E-state index >= 15 is 0 Å². The average molecular weight is 476 g/mol. The van der Waals surface area contributed by atoms with Crippen molar-refractivity contribution in [2.75, 3.05) is 20.2 Å². The Balaban J connectivity index is 1.76. The van der Waals surface area contributed by atoms with Gasteiger partial charge in [-0.3, -0.25) is 9.59 Å². The minimum absolute atomic E-state index is 0.141. The van der Waals surface area contributed by atoms with E-state index in [1.54, 1.807) is 49.5 Å². The zero-order valence-electron chi connectivity index (χ0n) is 19.6. The van der Waals surface area contributed by atoms with Crippen molar-refractivity contribution in [2.45, 2.75) is 51.1 Å². The van der Waals surface area contributed by atoms with Gasteiger partial charge in [-0.1, -0.05) is 24.3 Å². The topological polar surface area (TPSA) is 105 Å². The van der Waals surface area contributed by atoms with E-state index in [9.17, 15) is 18.0 Å². The molecule has 0 aliphatic heterocycles. The van der Waals surface area contributed by atoms with E-state index in [1.165, 1.54) is 4.31 Å². The van der Waals surface area contributed by atoms with Gasteiger partial charge in [0.15, 0.2) is 0 Å². The molecule has 8 nitrogen and oxygen atoms in total. The molecule has 2 rings (SSSR count). The highest BCUT2D eigenvalue weighted by molar-refractivity contribution is 7.89. The first-order chi connectivity index (χ1) is 15.7. The summed E-state index contributed by atoms with van der Waals surface area (Å²) >= 11 is 0. The Hall–Kier alpha value is -2.91. The van der Waals surface area contributed by atoms with Crippen LogP contribution in [0.1, 0.15) is 49.5 Å². The summed E-state index contributed by atoms with van der Waals surface area (Å²) in [5, 5.41) is 5.62. The summed E-state index contributed by atoms with van der Waals surface area (Å²) in [5.41, 5.74) is 1.27. The fourth-order valence-corrected chi connectivity index (χ4v) is 4.36. The quantitative estimate of drug-likeness (QED) is 0.459. The summed E-state index contributed by atoms with van der Waals surface area (Å²) in [6.07, 6.45) is 0.756. The van der Waals surface area contributed by atoms with Crippen LogP contribution in [0, 0.1) is 0 Å². The van der Waals surface area contributed by atoms with Crippen LogP contribution in [0.15, 0.2) is 53.4 Å². The van der Waals surface area contributed by atoms with Crippen molar-refractivity contribution in [3.63, 3.8) is 0 Å². The lowest BCUT2D eigenvalue weighted by Crippen LogP contribution is -2.33. The normalized spacial score (nSPS) is 11.5. The summed E-state index contributed by atoms with van der Waals surface area (Å²) in [6, 6.07) is 13.4. The molecule has 9 heteroatoms. The second-order valence-corrected chi connectivity index (χ2v) is 9.82. The Morgan fingerprint density at radius 2 is 1.70 bits per heavy atom. The first-order valence-electron chi connectivity index (χ1n) is 11.0. The van der Waals surface area contributed by atoms with Gasteiger partial charge in [0.05, 0.1) is 17.1 Å². The summed E-state index contributed by atoms with van der Waals surface area (Å²) in [7, 11) is -1.98. The minimum Gasteiger partial charge on any atom is -0.493 e. The van der Waals surface area contributed by atoms with Crippen LogP contribution in [0.3, 0.4) is 0 Å². The number of rotatable bonds is 12. The van der Waals surface area contributed by atoms with E-state index in [0.717, 1.165) is 5.56 Å². The molecule has 180 valence electrons. The number of carbonyl (C=O) groups excluding carboxylic acids is 2. The SMILES string of the molecule is CCOc1ccccc1C(=O)NCCCC(=O)NCc1ccc(S(=O)(=O)N(C)C(C)C)cc1. The lowest BCUT2D eigenvalue weighted by molar-refractivity contribution is -0.121. The van der Waals surface area contributed by atoms with Crippen LogP contribution in [0.4, 0.5) is 0 Å². The van der Waals surface area contributed by atoms with Crippen LogP contribution in [0.2, 0.25) is 0 Å². The van der Waals surface area contributed by atoms with E-state index < -0.39 is 10.0 Å². The number of hydrogen-bond acceptors (Lipinski definition) is 5. The van der Waals surface area contributed by atoms with E-state index in [0.29, 0.717) is 37.4 Å². The van der Waals surface area contributed by atoms with Gasteiger partial charge < -0.3 is 15.4 Å². The average Bonchev–Trinajstić information content (AvgIpc) is 2.80. The predicted molar refractivity (Wildman–Crippen MR) is 128 cm³/mol. The molecule has 33 heavy (non-hydrogen) atoms. The largest absolute Gasteiger partial charge is 0.493 e. The number of nitrogens with one attached hydrogen (secondary N) is 2. The van der Waals surface area contributed by atoms with E-state index in [1.807, 2.05) is 26.8 Å². The summed E-state index contributed by atoms with van der Waals surface area (Å²) in [5.74, 6) is 0.151. The minimum atomic E-state index is -3.53.